The Labute approximate surface area is 181 Å². The number of pyridine rings is 2. The van der Waals surface area contributed by atoms with Crippen molar-refractivity contribution in [2.45, 2.75) is 33.1 Å². The Kier molecular flexibility index (Phi) is 5.40. The first kappa shape index (κ1) is 20.9. The van der Waals surface area contributed by atoms with Gasteiger partial charge in [-0.05, 0) is 77.1 Å². The Morgan fingerprint density at radius 3 is 2.16 bits per heavy atom. The van der Waals surface area contributed by atoms with Gasteiger partial charge in [0.1, 0.15) is 11.6 Å². The van der Waals surface area contributed by atoms with Crippen molar-refractivity contribution in [2.24, 2.45) is 0 Å². The molecule has 0 amide bonds. The third-order valence-corrected chi connectivity index (χ3v) is 5.40. The molecular formula is C27H24F2N2. The maximum absolute atomic E-state index is 14.6. The van der Waals surface area contributed by atoms with Crippen LogP contribution in [0.1, 0.15) is 31.9 Å². The van der Waals surface area contributed by atoms with Crippen molar-refractivity contribution in [3.05, 3.63) is 95.8 Å². The molecule has 4 aromatic rings. The molecule has 0 fully saturated rings. The van der Waals surface area contributed by atoms with E-state index >= 15 is 0 Å². The highest BCUT2D eigenvalue weighted by atomic mass is 19.1. The number of hydrogen-bond donors (Lipinski definition) is 0. The average Bonchev–Trinajstić information content (AvgIpc) is 2.73. The van der Waals surface area contributed by atoms with Crippen molar-refractivity contribution >= 4 is 0 Å². The lowest BCUT2D eigenvalue weighted by Gasteiger charge is -2.22. The summed E-state index contributed by atoms with van der Waals surface area (Å²) >= 11 is 0. The van der Waals surface area contributed by atoms with Crippen molar-refractivity contribution in [2.75, 3.05) is 0 Å². The van der Waals surface area contributed by atoms with Gasteiger partial charge in [-0.25, -0.2) is 8.78 Å². The molecule has 2 nitrogen and oxygen atoms in total. The van der Waals surface area contributed by atoms with E-state index in [-0.39, 0.29) is 11.2 Å². The molecule has 0 atom stereocenters. The summed E-state index contributed by atoms with van der Waals surface area (Å²) in [5.41, 5.74) is 6.49. The van der Waals surface area contributed by atoms with E-state index in [0.29, 0.717) is 5.69 Å². The molecule has 4 rings (SSSR count). The maximum Gasteiger partial charge on any atom is 0.141 e. The van der Waals surface area contributed by atoms with Crippen molar-refractivity contribution in [1.82, 2.24) is 9.97 Å². The fourth-order valence-electron chi connectivity index (χ4n) is 3.80. The van der Waals surface area contributed by atoms with E-state index < -0.39 is 5.82 Å². The first-order valence-electron chi connectivity index (χ1n) is 10.2. The summed E-state index contributed by atoms with van der Waals surface area (Å²) in [4.78, 5) is 8.83. The summed E-state index contributed by atoms with van der Waals surface area (Å²) in [5.74, 6) is -0.710. The smallest absolute Gasteiger partial charge is 0.141 e. The molecule has 2 aromatic heterocycles. The molecule has 0 aliphatic carbocycles. The van der Waals surface area contributed by atoms with Crippen molar-refractivity contribution in [1.29, 1.82) is 0 Å². The van der Waals surface area contributed by atoms with Crippen LogP contribution in [-0.4, -0.2) is 9.97 Å². The van der Waals surface area contributed by atoms with E-state index in [1.807, 2.05) is 31.2 Å². The van der Waals surface area contributed by atoms with Crippen LogP contribution in [0.3, 0.4) is 0 Å². The number of halogens is 2. The molecular weight excluding hydrogens is 390 g/mol. The second-order valence-electron chi connectivity index (χ2n) is 8.73. The van der Waals surface area contributed by atoms with Crippen molar-refractivity contribution in [3.8, 4) is 33.6 Å². The zero-order chi connectivity index (χ0) is 22.2. The quantitative estimate of drug-likeness (QED) is 0.350. The normalized spacial score (nSPS) is 11.5. The van der Waals surface area contributed by atoms with Gasteiger partial charge in [-0.3, -0.25) is 9.97 Å². The van der Waals surface area contributed by atoms with E-state index in [1.54, 1.807) is 12.3 Å². The molecule has 156 valence electrons. The molecule has 0 spiro atoms. The minimum Gasteiger partial charge on any atom is -0.256 e. The molecule has 31 heavy (non-hydrogen) atoms. The van der Waals surface area contributed by atoms with E-state index in [0.717, 1.165) is 39.1 Å². The van der Waals surface area contributed by atoms with Gasteiger partial charge in [-0.1, -0.05) is 39.0 Å². The van der Waals surface area contributed by atoms with Crippen LogP contribution in [0.25, 0.3) is 33.6 Å². The summed E-state index contributed by atoms with van der Waals surface area (Å²) in [6.07, 6.45) is 2.94. The van der Waals surface area contributed by atoms with Crippen LogP contribution in [-0.2, 0) is 5.41 Å². The number of aromatic nitrogens is 2. The zero-order valence-corrected chi connectivity index (χ0v) is 18.1. The summed E-state index contributed by atoms with van der Waals surface area (Å²) in [5, 5.41) is 0. The number of benzene rings is 2. The van der Waals surface area contributed by atoms with E-state index in [1.165, 1.54) is 24.4 Å². The van der Waals surface area contributed by atoms with E-state index in [2.05, 4.69) is 42.9 Å². The summed E-state index contributed by atoms with van der Waals surface area (Å²) in [7, 11) is 0. The summed E-state index contributed by atoms with van der Waals surface area (Å²) in [6.45, 7) is 8.29. The Balaban J connectivity index is 2.04. The molecule has 4 heteroatoms. The third kappa shape index (κ3) is 4.24. The predicted molar refractivity (Wildman–Crippen MR) is 122 cm³/mol. The standard InChI is InChI=1S/C27H24F2N2/c1-17-13-20(29)15-23(26(17)25-7-5-6-12-30-25)21-10-8-18(27(2,3)4)14-22(21)24-11-9-19(28)16-31-24/h5-16H,1-4H3. The van der Waals surface area contributed by atoms with Gasteiger partial charge in [0, 0.05) is 17.3 Å². The third-order valence-electron chi connectivity index (χ3n) is 5.40. The Hall–Kier alpha value is -3.40. The lowest BCUT2D eigenvalue weighted by molar-refractivity contribution is 0.590. The Morgan fingerprint density at radius 2 is 1.52 bits per heavy atom. The number of hydrogen-bond acceptors (Lipinski definition) is 2. The Bertz CT molecular complexity index is 1220. The first-order chi connectivity index (χ1) is 14.7. The fraction of sp³-hybridized carbons (Fsp3) is 0.185. The van der Waals surface area contributed by atoms with Crippen LogP contribution >= 0.6 is 0 Å². The molecule has 0 N–H and O–H groups in total. The topological polar surface area (TPSA) is 25.8 Å². The summed E-state index contributed by atoms with van der Waals surface area (Å²) < 4.78 is 28.1. The van der Waals surface area contributed by atoms with Crippen molar-refractivity contribution in [3.63, 3.8) is 0 Å². The van der Waals surface area contributed by atoms with Gasteiger partial charge in [-0.15, -0.1) is 0 Å². The van der Waals surface area contributed by atoms with Crippen molar-refractivity contribution < 1.29 is 8.78 Å². The van der Waals surface area contributed by atoms with Crippen LogP contribution in [0.2, 0.25) is 0 Å². The van der Waals surface area contributed by atoms with Gasteiger partial charge in [0.05, 0.1) is 17.6 Å². The second-order valence-corrected chi connectivity index (χ2v) is 8.73. The van der Waals surface area contributed by atoms with Crippen LogP contribution in [0.4, 0.5) is 8.78 Å². The van der Waals surface area contributed by atoms with E-state index in [4.69, 9.17) is 0 Å². The predicted octanol–water partition coefficient (Wildman–Crippen LogP) is 7.36. The van der Waals surface area contributed by atoms with Crippen LogP contribution in [0.15, 0.2) is 73.1 Å². The highest BCUT2D eigenvalue weighted by Gasteiger charge is 2.21. The molecule has 0 saturated carbocycles. The van der Waals surface area contributed by atoms with Gasteiger partial charge < -0.3 is 0 Å². The van der Waals surface area contributed by atoms with Crippen LogP contribution < -0.4 is 0 Å². The van der Waals surface area contributed by atoms with Gasteiger partial charge in [-0.2, -0.15) is 0 Å². The first-order valence-corrected chi connectivity index (χ1v) is 10.2. The molecule has 0 unspecified atom stereocenters. The minimum atomic E-state index is -0.395. The molecule has 0 saturated heterocycles. The highest BCUT2D eigenvalue weighted by molar-refractivity contribution is 5.91. The average molecular weight is 414 g/mol. The van der Waals surface area contributed by atoms with E-state index in [9.17, 15) is 8.78 Å². The second kappa shape index (κ2) is 8.03. The molecule has 0 radical (unpaired) electrons. The highest BCUT2D eigenvalue weighted by Crippen LogP contribution is 2.41. The van der Waals surface area contributed by atoms with Gasteiger partial charge in [0.25, 0.3) is 0 Å². The van der Waals surface area contributed by atoms with Gasteiger partial charge >= 0.3 is 0 Å². The molecule has 2 aromatic carbocycles. The lowest BCUT2D eigenvalue weighted by Crippen LogP contribution is -2.11. The minimum absolute atomic E-state index is 0.0883. The number of aryl methyl sites for hydroxylation is 1. The largest absolute Gasteiger partial charge is 0.256 e. The number of rotatable bonds is 3. The van der Waals surface area contributed by atoms with Crippen LogP contribution in [0, 0.1) is 18.6 Å². The zero-order valence-electron chi connectivity index (χ0n) is 18.1. The monoisotopic (exact) mass is 414 g/mol. The maximum atomic E-state index is 14.6. The van der Waals surface area contributed by atoms with Gasteiger partial charge in [0.2, 0.25) is 0 Å². The molecule has 0 aliphatic rings. The lowest BCUT2D eigenvalue weighted by atomic mass is 9.82. The van der Waals surface area contributed by atoms with Crippen LogP contribution in [0.5, 0.6) is 0 Å². The van der Waals surface area contributed by atoms with Gasteiger partial charge in [0.15, 0.2) is 0 Å². The summed E-state index contributed by atoms with van der Waals surface area (Å²) in [6, 6.07) is 17.9. The molecule has 2 heterocycles. The Morgan fingerprint density at radius 1 is 0.710 bits per heavy atom. The molecule has 0 aliphatic heterocycles. The SMILES string of the molecule is Cc1cc(F)cc(-c2ccc(C(C)(C)C)cc2-c2ccc(F)cn2)c1-c1ccccn1. The molecule has 0 bridgehead atoms. The number of nitrogens with zero attached hydrogens (tertiary/aromatic N) is 2. The fourth-order valence-corrected chi connectivity index (χ4v) is 3.80.